The number of carbonyl (C=O) groups excluding carboxylic acids is 1. The number of piperidine rings is 1. The molecular formula is C29H34N6O4. The highest BCUT2D eigenvalue weighted by Gasteiger charge is 2.28. The summed E-state index contributed by atoms with van der Waals surface area (Å²) in [5, 5.41) is 8.00. The molecule has 5 rings (SSSR count). The van der Waals surface area contributed by atoms with E-state index in [1.165, 1.54) is 0 Å². The molecule has 10 heteroatoms. The Morgan fingerprint density at radius 2 is 1.67 bits per heavy atom. The SMILES string of the molecule is COc1cc(Nc2ccc3ncc(-c4cnn(C5CCN(C(=O)OC(C)(C)C)CC5)c4)nc3c2)cc(OC)c1. The van der Waals surface area contributed by atoms with Crippen molar-refractivity contribution in [3.63, 3.8) is 0 Å². The molecule has 39 heavy (non-hydrogen) atoms. The summed E-state index contributed by atoms with van der Waals surface area (Å²) in [7, 11) is 3.25. The fourth-order valence-corrected chi connectivity index (χ4v) is 4.58. The molecule has 2 aromatic carbocycles. The average Bonchev–Trinajstić information content (AvgIpc) is 3.42. The van der Waals surface area contributed by atoms with Gasteiger partial charge < -0.3 is 24.4 Å². The topological polar surface area (TPSA) is 104 Å². The lowest BCUT2D eigenvalue weighted by Crippen LogP contribution is -2.42. The predicted octanol–water partition coefficient (Wildman–Crippen LogP) is 5.83. The number of methoxy groups -OCH3 is 2. The lowest BCUT2D eigenvalue weighted by molar-refractivity contribution is 0.0185. The molecule has 3 heterocycles. The van der Waals surface area contributed by atoms with Gasteiger partial charge in [-0.25, -0.2) is 9.78 Å². The Balaban J connectivity index is 1.29. The van der Waals surface area contributed by atoms with Gasteiger partial charge in [-0.3, -0.25) is 9.67 Å². The first kappa shape index (κ1) is 26.3. The number of nitrogens with zero attached hydrogens (tertiary/aromatic N) is 5. The summed E-state index contributed by atoms with van der Waals surface area (Å²) in [6.45, 7) is 6.93. The molecule has 0 atom stereocenters. The van der Waals surface area contributed by atoms with Gasteiger partial charge >= 0.3 is 6.09 Å². The molecule has 204 valence electrons. The molecule has 0 bridgehead atoms. The zero-order valence-corrected chi connectivity index (χ0v) is 23.0. The number of hydrogen-bond donors (Lipinski definition) is 1. The largest absolute Gasteiger partial charge is 0.497 e. The van der Waals surface area contributed by atoms with Gasteiger partial charge in [-0.2, -0.15) is 5.10 Å². The third kappa shape index (κ3) is 6.22. The molecule has 0 spiro atoms. The third-order valence-electron chi connectivity index (χ3n) is 6.57. The van der Waals surface area contributed by atoms with E-state index in [1.54, 1.807) is 25.3 Å². The van der Waals surface area contributed by atoms with E-state index < -0.39 is 5.60 Å². The van der Waals surface area contributed by atoms with E-state index in [1.807, 2.05) is 74.2 Å². The number of carbonyl (C=O) groups is 1. The minimum absolute atomic E-state index is 0.210. The number of rotatable bonds is 6. The van der Waals surface area contributed by atoms with Gasteiger partial charge in [-0.05, 0) is 51.8 Å². The van der Waals surface area contributed by atoms with Crippen molar-refractivity contribution in [1.82, 2.24) is 24.6 Å². The van der Waals surface area contributed by atoms with Crippen LogP contribution in [0.1, 0.15) is 39.7 Å². The summed E-state index contributed by atoms with van der Waals surface area (Å²) in [6, 6.07) is 11.7. The van der Waals surface area contributed by atoms with Gasteiger partial charge in [0.2, 0.25) is 0 Å². The standard InChI is InChI=1S/C29H34N6O4/c1-29(2,3)39-28(36)34-10-8-22(9-11-34)35-18-19(16-31-35)27-17-30-25-7-6-20(14-26(25)33-27)32-21-12-23(37-4)15-24(13-21)38-5/h6-7,12-18,22,32H,8-11H2,1-5H3. The monoisotopic (exact) mass is 530 g/mol. The molecule has 2 aromatic heterocycles. The van der Waals surface area contributed by atoms with Crippen LogP contribution < -0.4 is 14.8 Å². The van der Waals surface area contributed by atoms with Crippen LogP contribution >= 0.6 is 0 Å². The van der Waals surface area contributed by atoms with Gasteiger partial charge in [0, 0.05) is 54.4 Å². The second kappa shape index (κ2) is 10.8. The molecular weight excluding hydrogens is 496 g/mol. The van der Waals surface area contributed by atoms with E-state index in [9.17, 15) is 4.79 Å². The van der Waals surface area contributed by atoms with Crippen LogP contribution in [0.25, 0.3) is 22.3 Å². The number of nitrogens with one attached hydrogen (secondary N) is 1. The maximum absolute atomic E-state index is 12.4. The zero-order chi connectivity index (χ0) is 27.6. The van der Waals surface area contributed by atoms with Crippen LogP contribution in [0.5, 0.6) is 11.5 Å². The molecule has 0 radical (unpaired) electrons. The Morgan fingerprint density at radius 1 is 0.949 bits per heavy atom. The van der Waals surface area contributed by atoms with E-state index in [0.29, 0.717) is 24.6 Å². The number of likely N-dealkylation sites (tertiary alicyclic amines) is 1. The Bertz CT molecular complexity index is 1450. The van der Waals surface area contributed by atoms with Crippen LogP contribution in [0.2, 0.25) is 0 Å². The number of fused-ring (bicyclic) bond motifs is 1. The molecule has 4 aromatic rings. The molecule has 1 amide bonds. The first-order valence-corrected chi connectivity index (χ1v) is 13.0. The highest BCUT2D eigenvalue weighted by Crippen LogP contribution is 2.30. The molecule has 1 aliphatic heterocycles. The number of hydrogen-bond acceptors (Lipinski definition) is 8. The van der Waals surface area contributed by atoms with Crippen molar-refractivity contribution in [2.75, 3.05) is 32.6 Å². The maximum atomic E-state index is 12.4. The molecule has 0 aliphatic carbocycles. The van der Waals surface area contributed by atoms with Crippen molar-refractivity contribution in [2.45, 2.75) is 45.3 Å². The van der Waals surface area contributed by atoms with Gasteiger partial charge in [-0.15, -0.1) is 0 Å². The van der Waals surface area contributed by atoms with E-state index >= 15 is 0 Å². The Kier molecular flexibility index (Phi) is 7.28. The molecule has 1 fully saturated rings. The second-order valence-electron chi connectivity index (χ2n) is 10.6. The number of benzene rings is 2. The lowest BCUT2D eigenvalue weighted by atomic mass is 10.1. The van der Waals surface area contributed by atoms with Crippen molar-refractivity contribution >= 4 is 28.5 Å². The molecule has 1 aliphatic rings. The van der Waals surface area contributed by atoms with Gasteiger partial charge in [-0.1, -0.05) is 0 Å². The summed E-state index contributed by atoms with van der Waals surface area (Å²) in [5.74, 6) is 1.40. The number of anilines is 2. The molecule has 1 saturated heterocycles. The molecule has 10 nitrogen and oxygen atoms in total. The van der Waals surface area contributed by atoms with Gasteiger partial charge in [0.25, 0.3) is 0 Å². The van der Waals surface area contributed by atoms with Crippen molar-refractivity contribution in [1.29, 1.82) is 0 Å². The summed E-state index contributed by atoms with van der Waals surface area (Å²) < 4.78 is 18.2. The highest BCUT2D eigenvalue weighted by molar-refractivity contribution is 5.82. The smallest absolute Gasteiger partial charge is 0.410 e. The van der Waals surface area contributed by atoms with E-state index in [0.717, 1.165) is 46.5 Å². The van der Waals surface area contributed by atoms with Crippen LogP contribution in [-0.2, 0) is 4.74 Å². The number of amides is 1. The Morgan fingerprint density at radius 3 is 2.33 bits per heavy atom. The van der Waals surface area contributed by atoms with Crippen molar-refractivity contribution in [2.24, 2.45) is 0 Å². The van der Waals surface area contributed by atoms with Gasteiger partial charge in [0.15, 0.2) is 0 Å². The maximum Gasteiger partial charge on any atom is 0.410 e. The fourth-order valence-electron chi connectivity index (χ4n) is 4.58. The zero-order valence-electron chi connectivity index (χ0n) is 23.0. The summed E-state index contributed by atoms with van der Waals surface area (Å²) in [6.07, 6.45) is 6.97. The Hall–Kier alpha value is -4.34. The van der Waals surface area contributed by atoms with Crippen LogP contribution in [-0.4, -0.2) is 63.7 Å². The second-order valence-corrected chi connectivity index (χ2v) is 10.6. The normalized spacial score (nSPS) is 14.3. The average molecular weight is 531 g/mol. The van der Waals surface area contributed by atoms with Crippen LogP contribution in [0.4, 0.5) is 16.2 Å². The summed E-state index contributed by atoms with van der Waals surface area (Å²) >= 11 is 0. The fraction of sp³-hybridized carbons (Fsp3) is 0.379. The van der Waals surface area contributed by atoms with E-state index in [-0.39, 0.29) is 12.1 Å². The lowest BCUT2D eigenvalue weighted by Gasteiger charge is -2.33. The van der Waals surface area contributed by atoms with Crippen molar-refractivity contribution in [3.8, 4) is 22.8 Å². The highest BCUT2D eigenvalue weighted by atomic mass is 16.6. The predicted molar refractivity (Wildman–Crippen MR) is 150 cm³/mol. The molecule has 0 unspecified atom stereocenters. The minimum atomic E-state index is -0.495. The van der Waals surface area contributed by atoms with E-state index in [4.69, 9.17) is 19.2 Å². The van der Waals surface area contributed by atoms with Gasteiger partial charge in [0.1, 0.15) is 17.1 Å². The van der Waals surface area contributed by atoms with Crippen molar-refractivity contribution < 1.29 is 19.0 Å². The number of ether oxygens (including phenoxy) is 3. The van der Waals surface area contributed by atoms with Crippen LogP contribution in [0.3, 0.4) is 0 Å². The third-order valence-corrected chi connectivity index (χ3v) is 6.57. The minimum Gasteiger partial charge on any atom is -0.497 e. The first-order chi connectivity index (χ1) is 18.7. The van der Waals surface area contributed by atoms with Crippen molar-refractivity contribution in [3.05, 3.63) is 55.0 Å². The van der Waals surface area contributed by atoms with Crippen LogP contribution in [0.15, 0.2) is 55.0 Å². The Labute approximate surface area is 227 Å². The summed E-state index contributed by atoms with van der Waals surface area (Å²) in [5.41, 5.74) is 4.44. The van der Waals surface area contributed by atoms with Gasteiger partial charge in [0.05, 0.1) is 49.4 Å². The molecule has 0 saturated carbocycles. The first-order valence-electron chi connectivity index (χ1n) is 13.0. The van der Waals surface area contributed by atoms with Crippen LogP contribution in [0, 0.1) is 0 Å². The summed E-state index contributed by atoms with van der Waals surface area (Å²) in [4.78, 5) is 23.6. The number of aromatic nitrogens is 4. The molecule has 1 N–H and O–H groups in total. The quantitative estimate of drug-likeness (QED) is 0.332. The van der Waals surface area contributed by atoms with E-state index in [2.05, 4.69) is 15.4 Å².